The molecule has 0 unspecified atom stereocenters. The molecule has 0 aliphatic heterocycles. The lowest BCUT2D eigenvalue weighted by Gasteiger charge is -2.13. The molecule has 0 saturated carbocycles. The zero-order valence-corrected chi connectivity index (χ0v) is 26.7. The van der Waals surface area contributed by atoms with Crippen LogP contribution in [0, 0.1) is 0 Å². The van der Waals surface area contributed by atoms with E-state index in [4.69, 9.17) is 9.97 Å². The van der Waals surface area contributed by atoms with Gasteiger partial charge in [0, 0.05) is 30.8 Å². The van der Waals surface area contributed by atoms with Gasteiger partial charge in [-0.3, -0.25) is 9.13 Å². The normalized spacial score (nSPS) is 11.2. The molecule has 0 spiro atoms. The molecule has 5 nitrogen and oxygen atoms in total. The number of benzene rings is 6. The molecule has 0 amide bonds. The number of aromatic nitrogens is 4. The molecule has 0 radical (unpaired) electrons. The van der Waals surface area contributed by atoms with Crippen LogP contribution in [0.1, 0.15) is 0 Å². The number of hydrogen-bond acceptors (Lipinski definition) is 3. The second kappa shape index (κ2) is 12.1. The molecule has 0 fully saturated rings. The van der Waals surface area contributed by atoms with E-state index in [0.717, 1.165) is 66.9 Å². The van der Waals surface area contributed by atoms with Crippen molar-refractivity contribution in [1.82, 2.24) is 19.1 Å². The van der Waals surface area contributed by atoms with Gasteiger partial charge in [0.15, 0.2) is 5.82 Å². The third-order valence-electron chi connectivity index (χ3n) is 9.03. The number of aryl methyl sites for hydroxylation is 2. The Kier molecular flexibility index (Phi) is 7.35. The molecule has 2 aromatic heterocycles. The number of hydrogen-bond donors (Lipinski definition) is 0. The predicted octanol–water partition coefficient (Wildman–Crippen LogP) is 9.67. The molecule has 8 aromatic rings. The molecule has 48 heavy (non-hydrogen) atoms. The van der Waals surface area contributed by atoms with Gasteiger partial charge >= 0.3 is 5.69 Å². The van der Waals surface area contributed by atoms with Gasteiger partial charge < -0.3 is 0 Å². The van der Waals surface area contributed by atoms with Gasteiger partial charge in [-0.1, -0.05) is 133 Å². The number of nitrogens with zero attached hydrogens (tertiary/aromatic N) is 4. The summed E-state index contributed by atoms with van der Waals surface area (Å²) in [4.78, 5) is 23.0. The van der Waals surface area contributed by atoms with Gasteiger partial charge in [0.05, 0.1) is 22.4 Å². The topological polar surface area (TPSA) is 52.7 Å². The SMILES string of the molecule is Cn1c(=O)n(C)c2cc(-c3cccc(-c4cc(-c5ccc(-c6ccccc6)cc5)nc(-c5ccccc5-c5ccccc5)n4)c3)ccc21. The van der Waals surface area contributed by atoms with Gasteiger partial charge in [-0.15, -0.1) is 0 Å². The second-order valence-corrected chi connectivity index (χ2v) is 12.0. The van der Waals surface area contributed by atoms with Crippen LogP contribution in [0.2, 0.25) is 0 Å². The van der Waals surface area contributed by atoms with Crippen LogP contribution in [0.3, 0.4) is 0 Å². The van der Waals surface area contributed by atoms with E-state index in [2.05, 4.69) is 133 Å². The van der Waals surface area contributed by atoms with E-state index in [1.165, 1.54) is 5.56 Å². The maximum Gasteiger partial charge on any atom is 0.328 e. The van der Waals surface area contributed by atoms with Crippen LogP contribution in [0.25, 0.3) is 78.3 Å². The molecule has 2 heterocycles. The van der Waals surface area contributed by atoms with Crippen molar-refractivity contribution >= 4 is 11.0 Å². The van der Waals surface area contributed by atoms with Gasteiger partial charge in [0.2, 0.25) is 0 Å². The van der Waals surface area contributed by atoms with Crippen molar-refractivity contribution in [1.29, 1.82) is 0 Å². The smallest absolute Gasteiger partial charge is 0.295 e. The van der Waals surface area contributed by atoms with Crippen LogP contribution in [0.5, 0.6) is 0 Å². The number of fused-ring (bicyclic) bond motifs is 1. The Balaban J connectivity index is 1.27. The van der Waals surface area contributed by atoms with E-state index in [9.17, 15) is 4.79 Å². The van der Waals surface area contributed by atoms with Gasteiger partial charge in [0.1, 0.15) is 0 Å². The van der Waals surface area contributed by atoms with E-state index in [1.807, 2.05) is 31.3 Å². The standard InChI is InChI=1S/C43H32N4O/c1-46-40-25-24-34(27-41(40)47(2)43(46)48)33-16-11-17-35(26-33)39-28-38(32-22-20-30(21-23-32)29-12-5-3-6-13-29)44-42(45-39)37-19-10-9-18-36(37)31-14-7-4-8-15-31/h3-28H,1-2H3. The Morgan fingerprint density at radius 3 is 1.62 bits per heavy atom. The molecule has 230 valence electrons. The molecule has 5 heteroatoms. The summed E-state index contributed by atoms with van der Waals surface area (Å²) in [7, 11) is 3.62. The van der Waals surface area contributed by atoms with Crippen LogP contribution in [-0.4, -0.2) is 19.1 Å². The van der Waals surface area contributed by atoms with Crippen molar-refractivity contribution in [3.63, 3.8) is 0 Å². The third kappa shape index (κ3) is 5.31. The lowest BCUT2D eigenvalue weighted by molar-refractivity contribution is 0.795. The molecule has 0 bridgehead atoms. The van der Waals surface area contributed by atoms with Crippen molar-refractivity contribution in [3.05, 3.63) is 168 Å². The van der Waals surface area contributed by atoms with E-state index in [-0.39, 0.29) is 5.69 Å². The van der Waals surface area contributed by atoms with E-state index in [1.54, 1.807) is 16.2 Å². The van der Waals surface area contributed by atoms with E-state index in [0.29, 0.717) is 5.82 Å². The van der Waals surface area contributed by atoms with Crippen molar-refractivity contribution in [3.8, 4) is 67.3 Å². The number of imidazole rings is 1. The molecule has 6 aromatic carbocycles. The maximum atomic E-state index is 12.6. The monoisotopic (exact) mass is 620 g/mol. The van der Waals surface area contributed by atoms with E-state index >= 15 is 0 Å². The fourth-order valence-corrected chi connectivity index (χ4v) is 6.42. The summed E-state index contributed by atoms with van der Waals surface area (Å²) in [5.41, 5.74) is 13.0. The lowest BCUT2D eigenvalue weighted by atomic mass is 9.97. The van der Waals surface area contributed by atoms with Gasteiger partial charge in [-0.25, -0.2) is 14.8 Å². The van der Waals surface area contributed by atoms with Crippen LogP contribution in [0.4, 0.5) is 0 Å². The van der Waals surface area contributed by atoms with Crippen molar-refractivity contribution in [2.24, 2.45) is 14.1 Å². The predicted molar refractivity (Wildman–Crippen MR) is 196 cm³/mol. The van der Waals surface area contributed by atoms with E-state index < -0.39 is 0 Å². The van der Waals surface area contributed by atoms with Crippen molar-refractivity contribution in [2.75, 3.05) is 0 Å². The minimum atomic E-state index is -0.0375. The fraction of sp³-hybridized carbons (Fsp3) is 0.0465. The minimum absolute atomic E-state index is 0.0375. The molecule has 0 aliphatic rings. The minimum Gasteiger partial charge on any atom is -0.295 e. The highest BCUT2D eigenvalue weighted by Gasteiger charge is 2.16. The summed E-state index contributed by atoms with van der Waals surface area (Å²) in [5.74, 6) is 0.667. The third-order valence-corrected chi connectivity index (χ3v) is 9.03. The average molecular weight is 621 g/mol. The van der Waals surface area contributed by atoms with Gasteiger partial charge in [-0.2, -0.15) is 0 Å². The Bertz CT molecular complexity index is 2480. The van der Waals surface area contributed by atoms with Gasteiger partial charge in [-0.05, 0) is 57.6 Å². The zero-order chi connectivity index (χ0) is 32.6. The summed E-state index contributed by atoms with van der Waals surface area (Å²) in [6, 6.07) is 54.3. The van der Waals surface area contributed by atoms with Crippen molar-refractivity contribution in [2.45, 2.75) is 0 Å². The molecule has 0 aliphatic carbocycles. The van der Waals surface area contributed by atoms with Crippen LogP contribution in [-0.2, 0) is 14.1 Å². The molecule has 0 saturated heterocycles. The maximum absolute atomic E-state index is 12.6. The highest BCUT2D eigenvalue weighted by Crippen LogP contribution is 2.35. The molecule has 0 atom stereocenters. The second-order valence-electron chi connectivity index (χ2n) is 12.0. The largest absolute Gasteiger partial charge is 0.328 e. The quantitative estimate of drug-likeness (QED) is 0.186. The Hall–Kier alpha value is -6.33. The molecule has 8 rings (SSSR count). The molecule has 0 N–H and O–H groups in total. The van der Waals surface area contributed by atoms with Crippen molar-refractivity contribution < 1.29 is 0 Å². The summed E-state index contributed by atoms with van der Waals surface area (Å²) in [6.45, 7) is 0. The first kappa shape index (κ1) is 29.1. The Morgan fingerprint density at radius 1 is 0.396 bits per heavy atom. The average Bonchev–Trinajstić information content (AvgIpc) is 3.38. The van der Waals surface area contributed by atoms with Gasteiger partial charge in [0.25, 0.3) is 0 Å². The summed E-state index contributed by atoms with van der Waals surface area (Å²) < 4.78 is 3.37. The number of rotatable bonds is 6. The highest BCUT2D eigenvalue weighted by atomic mass is 16.1. The summed E-state index contributed by atoms with van der Waals surface area (Å²) in [6.07, 6.45) is 0. The molecular formula is C43H32N4O. The first-order valence-corrected chi connectivity index (χ1v) is 16.0. The summed E-state index contributed by atoms with van der Waals surface area (Å²) in [5, 5.41) is 0. The van der Waals surface area contributed by atoms with Crippen LogP contribution >= 0.6 is 0 Å². The highest BCUT2D eigenvalue weighted by molar-refractivity contribution is 5.85. The zero-order valence-electron chi connectivity index (χ0n) is 26.7. The van der Waals surface area contributed by atoms with Crippen LogP contribution < -0.4 is 5.69 Å². The van der Waals surface area contributed by atoms with Crippen LogP contribution in [0.15, 0.2) is 163 Å². The summed E-state index contributed by atoms with van der Waals surface area (Å²) >= 11 is 0. The fourth-order valence-electron chi connectivity index (χ4n) is 6.42. The Morgan fingerprint density at radius 2 is 0.896 bits per heavy atom. The lowest BCUT2D eigenvalue weighted by Crippen LogP contribution is -2.19. The first-order valence-electron chi connectivity index (χ1n) is 16.0. The Labute approximate surface area is 279 Å². The molecular weight excluding hydrogens is 589 g/mol. The first-order chi connectivity index (χ1) is 23.5.